The van der Waals surface area contributed by atoms with Crippen LogP contribution in [0.4, 0.5) is 0 Å². The zero-order valence-electron chi connectivity index (χ0n) is 12.2. The first-order valence-electron chi connectivity index (χ1n) is 6.89. The molecule has 0 saturated heterocycles. The Kier molecular flexibility index (Phi) is 4.21. The summed E-state index contributed by atoms with van der Waals surface area (Å²) < 4.78 is 0. The minimum Gasteiger partial charge on any atom is -0.319 e. The van der Waals surface area contributed by atoms with E-state index in [1.807, 2.05) is 19.2 Å². The average molecular weight is 300 g/mol. The summed E-state index contributed by atoms with van der Waals surface area (Å²) in [6.07, 6.45) is 2.39. The Balaban J connectivity index is 2.28. The summed E-state index contributed by atoms with van der Waals surface area (Å²) in [7, 11) is 2.01. The maximum atomic E-state index is 6.41. The van der Waals surface area contributed by atoms with Crippen molar-refractivity contribution < 1.29 is 0 Å². The lowest BCUT2D eigenvalue weighted by Crippen LogP contribution is -2.51. The van der Waals surface area contributed by atoms with E-state index in [-0.39, 0.29) is 5.41 Å². The van der Waals surface area contributed by atoms with Crippen molar-refractivity contribution in [1.82, 2.24) is 5.32 Å². The highest BCUT2D eigenvalue weighted by Gasteiger charge is 2.49. The van der Waals surface area contributed by atoms with Crippen LogP contribution in [-0.2, 0) is 5.41 Å². The van der Waals surface area contributed by atoms with Crippen molar-refractivity contribution in [2.24, 2.45) is 11.3 Å². The fraction of sp³-hybridized carbons (Fsp3) is 0.625. The lowest BCUT2D eigenvalue weighted by molar-refractivity contribution is 0.0461. The van der Waals surface area contributed by atoms with E-state index < -0.39 is 0 Å². The molecule has 0 unspecified atom stereocenters. The molecule has 1 aliphatic carbocycles. The predicted octanol–water partition coefficient (Wildman–Crippen LogP) is 4.91. The number of hydrogen-bond acceptors (Lipinski definition) is 1. The van der Waals surface area contributed by atoms with Gasteiger partial charge in [-0.05, 0) is 48.9 Å². The molecule has 1 aromatic rings. The Bertz CT molecular complexity index is 456. The molecule has 0 bridgehead atoms. The van der Waals surface area contributed by atoms with Crippen LogP contribution >= 0.6 is 23.2 Å². The van der Waals surface area contributed by atoms with E-state index in [1.165, 1.54) is 18.4 Å². The van der Waals surface area contributed by atoms with Crippen LogP contribution in [0.15, 0.2) is 18.2 Å². The van der Waals surface area contributed by atoms with Crippen LogP contribution in [0.5, 0.6) is 0 Å². The minimum absolute atomic E-state index is 0.175. The second kappa shape index (κ2) is 5.27. The van der Waals surface area contributed by atoms with Gasteiger partial charge in [-0.2, -0.15) is 0 Å². The number of benzene rings is 1. The first-order chi connectivity index (χ1) is 8.78. The third-order valence-corrected chi connectivity index (χ3v) is 5.06. The summed E-state index contributed by atoms with van der Waals surface area (Å²) in [5, 5.41) is 4.84. The summed E-state index contributed by atoms with van der Waals surface area (Å²) >= 11 is 12.4. The number of rotatable bonds is 3. The van der Waals surface area contributed by atoms with Gasteiger partial charge in [0, 0.05) is 22.0 Å². The number of halogens is 2. The van der Waals surface area contributed by atoms with Gasteiger partial charge in [0.25, 0.3) is 0 Å². The predicted molar refractivity (Wildman–Crippen MR) is 84.2 cm³/mol. The Hall–Kier alpha value is -0.240. The monoisotopic (exact) mass is 299 g/mol. The number of likely N-dealkylation sites (N-methyl/N-ethyl adjacent to an activating group) is 1. The molecular formula is C16H23Cl2N. The van der Waals surface area contributed by atoms with E-state index in [2.05, 4.69) is 32.2 Å². The van der Waals surface area contributed by atoms with Crippen LogP contribution in [0.3, 0.4) is 0 Å². The third kappa shape index (κ3) is 2.94. The lowest BCUT2D eigenvalue weighted by Gasteiger charge is -2.53. The molecule has 1 saturated carbocycles. The quantitative estimate of drug-likeness (QED) is 0.836. The fourth-order valence-electron chi connectivity index (χ4n) is 3.21. The Labute approximate surface area is 126 Å². The van der Waals surface area contributed by atoms with Crippen molar-refractivity contribution in [3.63, 3.8) is 0 Å². The summed E-state index contributed by atoms with van der Waals surface area (Å²) in [5.74, 6) is 0.757. The van der Waals surface area contributed by atoms with E-state index >= 15 is 0 Å². The molecule has 106 valence electrons. The average Bonchev–Trinajstić information content (AvgIpc) is 2.22. The Morgan fingerprint density at radius 3 is 2.37 bits per heavy atom. The molecule has 3 heteroatoms. The summed E-state index contributed by atoms with van der Waals surface area (Å²) in [6, 6.07) is 5.91. The largest absolute Gasteiger partial charge is 0.319 e. The van der Waals surface area contributed by atoms with Crippen LogP contribution in [0.25, 0.3) is 0 Å². The van der Waals surface area contributed by atoms with Gasteiger partial charge in [-0.3, -0.25) is 0 Å². The molecule has 2 rings (SSSR count). The smallest absolute Gasteiger partial charge is 0.0458 e. The van der Waals surface area contributed by atoms with E-state index in [0.717, 1.165) is 17.5 Å². The topological polar surface area (TPSA) is 12.0 Å². The molecule has 0 atom stereocenters. The second-order valence-electron chi connectivity index (χ2n) is 6.91. The highest BCUT2D eigenvalue weighted by atomic mass is 35.5. The van der Waals surface area contributed by atoms with Gasteiger partial charge >= 0.3 is 0 Å². The molecule has 1 fully saturated rings. The van der Waals surface area contributed by atoms with Crippen LogP contribution < -0.4 is 5.32 Å². The van der Waals surface area contributed by atoms with Gasteiger partial charge in [0.2, 0.25) is 0 Å². The molecule has 0 aromatic heterocycles. The molecule has 0 aliphatic heterocycles. The maximum Gasteiger partial charge on any atom is 0.0458 e. The zero-order chi connectivity index (χ0) is 14.3. The zero-order valence-corrected chi connectivity index (χ0v) is 13.7. The van der Waals surface area contributed by atoms with Crippen molar-refractivity contribution >= 4 is 23.2 Å². The molecule has 0 heterocycles. The number of hydrogen-bond donors (Lipinski definition) is 1. The van der Waals surface area contributed by atoms with Crippen LogP contribution in [0, 0.1) is 11.3 Å². The Morgan fingerprint density at radius 2 is 1.89 bits per heavy atom. The number of nitrogens with one attached hydrogen (secondary N) is 1. The van der Waals surface area contributed by atoms with Gasteiger partial charge in [0.15, 0.2) is 0 Å². The van der Waals surface area contributed by atoms with Crippen LogP contribution in [0.2, 0.25) is 10.0 Å². The normalized spacial score (nSPS) is 27.2. The lowest BCUT2D eigenvalue weighted by atomic mass is 9.52. The van der Waals surface area contributed by atoms with E-state index in [0.29, 0.717) is 10.4 Å². The molecule has 1 aliphatic rings. The van der Waals surface area contributed by atoms with Gasteiger partial charge in [0.1, 0.15) is 0 Å². The second-order valence-corrected chi connectivity index (χ2v) is 7.75. The highest BCUT2D eigenvalue weighted by molar-refractivity contribution is 6.35. The minimum atomic E-state index is 0.175. The molecule has 19 heavy (non-hydrogen) atoms. The van der Waals surface area contributed by atoms with E-state index in [4.69, 9.17) is 23.2 Å². The van der Waals surface area contributed by atoms with Gasteiger partial charge in [-0.15, -0.1) is 0 Å². The summed E-state index contributed by atoms with van der Waals surface area (Å²) in [4.78, 5) is 0. The first-order valence-corrected chi connectivity index (χ1v) is 7.64. The molecule has 0 spiro atoms. The van der Waals surface area contributed by atoms with Crippen molar-refractivity contribution in [3.05, 3.63) is 33.8 Å². The standard InChI is InChI=1S/C16H23Cl2N/c1-15(2,3)11-8-16(9-11,10-19-4)13-6-5-12(17)7-14(13)18/h5-7,11,19H,8-10H2,1-4H3. The van der Waals surface area contributed by atoms with E-state index in [9.17, 15) is 0 Å². The van der Waals surface area contributed by atoms with Crippen molar-refractivity contribution in [1.29, 1.82) is 0 Å². The van der Waals surface area contributed by atoms with Gasteiger partial charge in [0.05, 0.1) is 0 Å². The van der Waals surface area contributed by atoms with Crippen LogP contribution in [-0.4, -0.2) is 13.6 Å². The van der Waals surface area contributed by atoms with Crippen molar-refractivity contribution in [3.8, 4) is 0 Å². The third-order valence-electron chi connectivity index (χ3n) is 4.52. The van der Waals surface area contributed by atoms with E-state index in [1.54, 1.807) is 0 Å². The molecular weight excluding hydrogens is 277 g/mol. The van der Waals surface area contributed by atoms with Crippen LogP contribution in [0.1, 0.15) is 39.2 Å². The fourth-order valence-corrected chi connectivity index (χ4v) is 3.82. The molecule has 1 N–H and O–H groups in total. The first kappa shape index (κ1) is 15.2. The molecule has 0 radical (unpaired) electrons. The highest BCUT2D eigenvalue weighted by Crippen LogP contribution is 2.55. The molecule has 1 nitrogen and oxygen atoms in total. The summed E-state index contributed by atoms with van der Waals surface area (Å²) in [5.41, 5.74) is 1.79. The van der Waals surface area contributed by atoms with Gasteiger partial charge in [-0.1, -0.05) is 50.0 Å². The SMILES string of the molecule is CNCC1(c2ccc(Cl)cc2Cl)CC(C(C)(C)C)C1. The Morgan fingerprint density at radius 1 is 1.26 bits per heavy atom. The summed E-state index contributed by atoms with van der Waals surface area (Å²) in [6.45, 7) is 7.94. The van der Waals surface area contributed by atoms with Gasteiger partial charge < -0.3 is 5.32 Å². The molecule has 0 amide bonds. The maximum absolute atomic E-state index is 6.41. The van der Waals surface area contributed by atoms with Crippen molar-refractivity contribution in [2.75, 3.05) is 13.6 Å². The van der Waals surface area contributed by atoms with Crippen molar-refractivity contribution in [2.45, 2.75) is 39.0 Å². The molecule has 1 aromatic carbocycles. The van der Waals surface area contributed by atoms with Gasteiger partial charge in [-0.25, -0.2) is 0 Å².